The monoisotopic (exact) mass is 362 g/mol. The number of amides is 2. The summed E-state index contributed by atoms with van der Waals surface area (Å²) in [5.74, 6) is 0.480. The first kappa shape index (κ1) is 17.6. The fraction of sp³-hybridized carbons (Fsp3) is 0.364. The fourth-order valence-electron chi connectivity index (χ4n) is 3.81. The molecule has 1 unspecified atom stereocenters. The smallest absolute Gasteiger partial charge is 0.319 e. The molecule has 0 spiro atoms. The fourth-order valence-corrected chi connectivity index (χ4v) is 3.81. The third kappa shape index (κ3) is 3.68. The molecule has 0 bridgehead atoms. The molecule has 1 aliphatic rings. The molecule has 2 aromatic heterocycles. The molecule has 1 atom stereocenters. The molecule has 140 valence electrons. The summed E-state index contributed by atoms with van der Waals surface area (Å²) in [6.07, 6.45) is 2.27. The number of hydrogen-bond acceptors (Lipinski definition) is 2. The van der Waals surface area contributed by atoms with Crippen LogP contribution < -0.4 is 10.6 Å². The molecule has 3 aromatic rings. The highest BCUT2D eigenvalue weighted by Gasteiger charge is 2.34. The number of urea groups is 1. The van der Waals surface area contributed by atoms with Gasteiger partial charge in [0.25, 0.3) is 0 Å². The number of nitrogens with zero attached hydrogens (tertiary/aromatic N) is 2. The van der Waals surface area contributed by atoms with E-state index in [4.69, 9.17) is 0 Å². The predicted octanol–water partition coefficient (Wildman–Crippen LogP) is 4.95. The van der Waals surface area contributed by atoms with Crippen molar-refractivity contribution in [3.8, 4) is 0 Å². The number of nitrogens with one attached hydrogen (secondary N) is 2. The summed E-state index contributed by atoms with van der Waals surface area (Å²) in [4.78, 5) is 17.2. The van der Waals surface area contributed by atoms with Gasteiger partial charge in [-0.05, 0) is 75.9 Å². The number of aryl methyl sites for hydroxylation is 3. The molecule has 5 nitrogen and oxygen atoms in total. The predicted molar refractivity (Wildman–Crippen MR) is 109 cm³/mol. The lowest BCUT2D eigenvalue weighted by molar-refractivity contribution is 0.246. The molecule has 0 saturated heterocycles. The van der Waals surface area contributed by atoms with Crippen molar-refractivity contribution in [2.24, 2.45) is 5.92 Å². The first-order valence-corrected chi connectivity index (χ1v) is 9.66. The zero-order valence-electron chi connectivity index (χ0n) is 16.1. The highest BCUT2D eigenvalue weighted by molar-refractivity contribution is 5.93. The number of carbonyl (C=O) groups is 1. The van der Waals surface area contributed by atoms with Crippen LogP contribution in [-0.4, -0.2) is 15.6 Å². The average Bonchev–Trinajstić information content (AvgIpc) is 3.42. The molecular weight excluding hydrogens is 336 g/mol. The van der Waals surface area contributed by atoms with Gasteiger partial charge in [0, 0.05) is 34.5 Å². The van der Waals surface area contributed by atoms with E-state index in [1.54, 1.807) is 0 Å². The summed E-state index contributed by atoms with van der Waals surface area (Å²) >= 11 is 0. The quantitative estimate of drug-likeness (QED) is 0.675. The third-order valence-corrected chi connectivity index (χ3v) is 5.29. The van der Waals surface area contributed by atoms with Gasteiger partial charge in [0.2, 0.25) is 0 Å². The number of pyridine rings is 1. The normalized spacial score (nSPS) is 14.9. The van der Waals surface area contributed by atoms with E-state index in [2.05, 4.69) is 46.2 Å². The van der Waals surface area contributed by atoms with Crippen LogP contribution in [0.2, 0.25) is 0 Å². The lowest BCUT2D eigenvalue weighted by atomic mass is 10.1. The van der Waals surface area contributed by atoms with Gasteiger partial charge in [-0.2, -0.15) is 0 Å². The minimum atomic E-state index is -0.179. The van der Waals surface area contributed by atoms with Crippen molar-refractivity contribution in [2.75, 3.05) is 5.32 Å². The largest absolute Gasteiger partial charge is 0.345 e. The van der Waals surface area contributed by atoms with Crippen molar-refractivity contribution in [1.29, 1.82) is 0 Å². The first-order chi connectivity index (χ1) is 13.0. The molecule has 5 heteroatoms. The summed E-state index contributed by atoms with van der Waals surface area (Å²) in [6, 6.07) is 14.0. The van der Waals surface area contributed by atoms with E-state index in [0.717, 1.165) is 41.8 Å². The molecule has 4 rings (SSSR count). The Morgan fingerprint density at radius 2 is 2.04 bits per heavy atom. The van der Waals surface area contributed by atoms with E-state index in [9.17, 15) is 4.79 Å². The van der Waals surface area contributed by atoms with E-state index in [0.29, 0.717) is 5.92 Å². The number of benzene rings is 1. The zero-order valence-corrected chi connectivity index (χ0v) is 16.1. The van der Waals surface area contributed by atoms with Crippen molar-refractivity contribution in [3.63, 3.8) is 0 Å². The van der Waals surface area contributed by atoms with Crippen molar-refractivity contribution >= 4 is 22.6 Å². The Morgan fingerprint density at radius 3 is 2.74 bits per heavy atom. The van der Waals surface area contributed by atoms with Crippen LogP contribution in [0.15, 0.2) is 42.5 Å². The van der Waals surface area contributed by atoms with E-state index in [1.807, 2.05) is 37.3 Å². The summed E-state index contributed by atoms with van der Waals surface area (Å²) in [5, 5.41) is 7.26. The molecular formula is C22H26N4O. The standard InChI is InChI=1S/C22H26N4O/c1-4-26-15(3)12-17-13-18(10-11-20(17)26)24-22(27)25-21(16-8-9-16)19-7-5-6-14(2)23-19/h5-7,10-13,16,21H,4,8-9H2,1-3H3,(H2,24,25,27). The molecule has 27 heavy (non-hydrogen) atoms. The van der Waals surface area contributed by atoms with Gasteiger partial charge in [-0.3, -0.25) is 4.98 Å². The molecule has 0 aliphatic heterocycles. The van der Waals surface area contributed by atoms with Crippen molar-refractivity contribution in [2.45, 2.75) is 46.2 Å². The number of anilines is 1. The number of carbonyl (C=O) groups excluding carboxylic acids is 1. The summed E-state index contributed by atoms with van der Waals surface area (Å²) in [6.45, 7) is 7.17. The van der Waals surface area contributed by atoms with Crippen LogP contribution in [0.4, 0.5) is 10.5 Å². The van der Waals surface area contributed by atoms with Gasteiger partial charge in [-0.1, -0.05) is 6.07 Å². The van der Waals surface area contributed by atoms with E-state index < -0.39 is 0 Å². The number of fused-ring (bicyclic) bond motifs is 1. The van der Waals surface area contributed by atoms with Gasteiger partial charge >= 0.3 is 6.03 Å². The maximum Gasteiger partial charge on any atom is 0.319 e. The van der Waals surface area contributed by atoms with Gasteiger partial charge in [0.1, 0.15) is 0 Å². The summed E-state index contributed by atoms with van der Waals surface area (Å²) < 4.78 is 2.27. The number of hydrogen-bond donors (Lipinski definition) is 2. The second-order valence-corrected chi connectivity index (χ2v) is 7.42. The van der Waals surface area contributed by atoms with Crippen LogP contribution in [0.5, 0.6) is 0 Å². The topological polar surface area (TPSA) is 59.0 Å². The minimum Gasteiger partial charge on any atom is -0.345 e. The van der Waals surface area contributed by atoms with Crippen molar-refractivity contribution < 1.29 is 4.79 Å². The Bertz CT molecular complexity index is 987. The number of rotatable bonds is 5. The van der Waals surface area contributed by atoms with E-state index >= 15 is 0 Å². The van der Waals surface area contributed by atoms with Gasteiger partial charge < -0.3 is 15.2 Å². The van der Waals surface area contributed by atoms with Crippen molar-refractivity contribution in [1.82, 2.24) is 14.9 Å². The molecule has 2 amide bonds. The second kappa shape index (κ2) is 7.06. The Morgan fingerprint density at radius 1 is 1.22 bits per heavy atom. The van der Waals surface area contributed by atoms with E-state index in [1.165, 1.54) is 11.2 Å². The molecule has 0 radical (unpaired) electrons. The van der Waals surface area contributed by atoms with Gasteiger partial charge in [-0.15, -0.1) is 0 Å². The molecule has 1 fully saturated rings. The van der Waals surface area contributed by atoms with Crippen LogP contribution in [0.3, 0.4) is 0 Å². The Balaban J connectivity index is 1.50. The molecule has 1 aliphatic carbocycles. The van der Waals surface area contributed by atoms with Gasteiger partial charge in [0.05, 0.1) is 11.7 Å². The highest BCUT2D eigenvalue weighted by atomic mass is 16.2. The van der Waals surface area contributed by atoms with Gasteiger partial charge in [-0.25, -0.2) is 4.79 Å². The van der Waals surface area contributed by atoms with Crippen LogP contribution in [0, 0.1) is 19.8 Å². The van der Waals surface area contributed by atoms with Crippen LogP contribution in [0.25, 0.3) is 10.9 Å². The van der Waals surface area contributed by atoms with Crippen molar-refractivity contribution in [3.05, 3.63) is 59.5 Å². The van der Waals surface area contributed by atoms with Crippen LogP contribution >= 0.6 is 0 Å². The lowest BCUT2D eigenvalue weighted by Gasteiger charge is -2.19. The third-order valence-electron chi connectivity index (χ3n) is 5.29. The maximum atomic E-state index is 12.6. The van der Waals surface area contributed by atoms with Crippen LogP contribution in [-0.2, 0) is 6.54 Å². The SMILES string of the molecule is CCn1c(C)cc2cc(NC(=O)NC(c3cccc(C)n3)C3CC3)ccc21. The molecule has 2 heterocycles. The molecule has 1 aromatic carbocycles. The van der Waals surface area contributed by atoms with Crippen LogP contribution in [0.1, 0.15) is 42.9 Å². The molecule has 2 N–H and O–H groups in total. The van der Waals surface area contributed by atoms with E-state index in [-0.39, 0.29) is 12.1 Å². The Kier molecular flexibility index (Phi) is 4.60. The first-order valence-electron chi connectivity index (χ1n) is 9.66. The Hall–Kier alpha value is -2.82. The average molecular weight is 362 g/mol. The lowest BCUT2D eigenvalue weighted by Crippen LogP contribution is -2.34. The maximum absolute atomic E-state index is 12.6. The zero-order chi connectivity index (χ0) is 19.0. The minimum absolute atomic E-state index is 0.0305. The molecule has 1 saturated carbocycles. The Labute approximate surface area is 159 Å². The van der Waals surface area contributed by atoms with Gasteiger partial charge in [0.15, 0.2) is 0 Å². The number of aromatic nitrogens is 2. The second-order valence-electron chi connectivity index (χ2n) is 7.42. The summed E-state index contributed by atoms with van der Waals surface area (Å²) in [7, 11) is 0. The summed E-state index contributed by atoms with van der Waals surface area (Å²) in [5.41, 5.74) is 5.15. The highest BCUT2D eigenvalue weighted by Crippen LogP contribution is 2.40.